The number of pyridine rings is 2. The molecule has 0 spiro atoms. The normalized spacial score (nSPS) is 12.1. The molecule has 2 amide bonds. The quantitative estimate of drug-likeness (QED) is 0.329. The van der Waals surface area contributed by atoms with E-state index in [1.807, 2.05) is 0 Å². The molecule has 0 saturated carbocycles. The van der Waals surface area contributed by atoms with Crippen LogP contribution in [0.4, 0.5) is 23.8 Å². The van der Waals surface area contributed by atoms with E-state index in [1.165, 1.54) is 29.2 Å². The van der Waals surface area contributed by atoms with Gasteiger partial charge < -0.3 is 10.1 Å². The number of ether oxygens (including phenoxy) is 1. The summed E-state index contributed by atoms with van der Waals surface area (Å²) < 4.78 is 44.2. The molecule has 3 aromatic rings. The average Bonchev–Trinajstić information content (AvgIpc) is 3.18. The Morgan fingerprint density at radius 3 is 2.64 bits per heavy atom. The predicted molar refractivity (Wildman–Crippen MR) is 124 cm³/mol. The number of aromatic nitrogens is 5. The fraction of sp³-hybridized carbons (Fsp3) is 0.273. The van der Waals surface area contributed by atoms with Gasteiger partial charge in [-0.25, -0.2) is 14.5 Å². The summed E-state index contributed by atoms with van der Waals surface area (Å²) in [5, 5.41) is 13.0. The van der Waals surface area contributed by atoms with E-state index in [2.05, 4.69) is 37.5 Å². The van der Waals surface area contributed by atoms with Gasteiger partial charge in [0, 0.05) is 37.1 Å². The van der Waals surface area contributed by atoms with Crippen LogP contribution in [0.25, 0.3) is 11.4 Å². The third-order valence-electron chi connectivity index (χ3n) is 4.94. The van der Waals surface area contributed by atoms with Crippen LogP contribution < -0.4 is 10.6 Å². The lowest BCUT2D eigenvalue weighted by molar-refractivity contribution is -0.0934. The molecule has 0 radical (unpaired) electrons. The van der Waals surface area contributed by atoms with E-state index >= 15 is 0 Å². The number of rotatable bonds is 8. The molecule has 0 fully saturated rings. The maximum absolute atomic E-state index is 12.5. The number of carbonyl (C=O) groups excluding carboxylic acids is 2. The fourth-order valence-corrected chi connectivity index (χ4v) is 3.23. The number of nitrogens with zero attached hydrogens (tertiary/aromatic N) is 5. The summed E-state index contributed by atoms with van der Waals surface area (Å²) in [5.74, 6) is -0.423. The van der Waals surface area contributed by atoms with Gasteiger partial charge in [0.25, 0.3) is 5.91 Å². The highest BCUT2D eigenvalue weighted by molar-refractivity contribution is 6.30. The van der Waals surface area contributed by atoms with Crippen LogP contribution in [0.1, 0.15) is 35.4 Å². The second-order valence-corrected chi connectivity index (χ2v) is 7.86. The second-order valence-electron chi connectivity index (χ2n) is 7.51. The zero-order valence-corrected chi connectivity index (χ0v) is 19.9. The summed E-state index contributed by atoms with van der Waals surface area (Å²) in [6.45, 7) is 4.36. The molecule has 1 atom stereocenters. The summed E-state index contributed by atoms with van der Waals surface area (Å²) in [7, 11) is 1.55. The first-order chi connectivity index (χ1) is 17.0. The number of carbonyl (C=O) groups is 2. The number of nitrogens with one attached hydrogen (secondary N) is 2. The summed E-state index contributed by atoms with van der Waals surface area (Å²) in [6.07, 6.45) is -3.69. The van der Waals surface area contributed by atoms with E-state index in [0.29, 0.717) is 5.56 Å². The van der Waals surface area contributed by atoms with Gasteiger partial charge in [-0.15, -0.1) is 5.10 Å². The van der Waals surface area contributed by atoms with Crippen molar-refractivity contribution in [2.24, 2.45) is 7.05 Å². The summed E-state index contributed by atoms with van der Waals surface area (Å²) in [4.78, 5) is 32.8. The number of halogens is 4. The van der Waals surface area contributed by atoms with E-state index in [-0.39, 0.29) is 34.5 Å². The number of aryl methyl sites for hydroxylation is 1. The maximum Gasteiger partial charge on any atom is 0.413 e. The molecule has 10 nitrogen and oxygen atoms in total. The molecule has 3 rings (SSSR count). The topological polar surface area (TPSA) is 124 Å². The molecule has 0 saturated heterocycles. The van der Waals surface area contributed by atoms with Crippen molar-refractivity contribution >= 4 is 29.4 Å². The van der Waals surface area contributed by atoms with Crippen LogP contribution in [0.2, 0.25) is 5.15 Å². The van der Waals surface area contributed by atoms with Gasteiger partial charge in [0.15, 0.2) is 11.5 Å². The van der Waals surface area contributed by atoms with Crippen LogP contribution in [-0.2, 0) is 11.8 Å². The Bertz CT molecular complexity index is 1260. The third-order valence-corrected chi connectivity index (χ3v) is 5.25. The third kappa shape index (κ3) is 6.56. The molecule has 3 aromatic heterocycles. The zero-order valence-electron chi connectivity index (χ0n) is 19.1. The Labute approximate surface area is 208 Å². The fourth-order valence-electron chi connectivity index (χ4n) is 2.96. The van der Waals surface area contributed by atoms with Crippen molar-refractivity contribution in [1.29, 1.82) is 0 Å². The molecule has 2 N–H and O–H groups in total. The first-order valence-electron chi connectivity index (χ1n) is 10.4. The highest BCUT2D eigenvalue weighted by atomic mass is 35.5. The molecule has 0 aliphatic rings. The Morgan fingerprint density at radius 1 is 1.25 bits per heavy atom. The first kappa shape index (κ1) is 26.6. The minimum absolute atomic E-state index is 0.122. The van der Waals surface area contributed by atoms with Crippen LogP contribution in [0.15, 0.2) is 48.8 Å². The predicted octanol–water partition coefficient (Wildman–Crippen LogP) is 4.47. The number of alkyl halides is 3. The molecule has 190 valence electrons. The van der Waals surface area contributed by atoms with E-state index in [0.717, 1.165) is 0 Å². The second kappa shape index (κ2) is 11.2. The van der Waals surface area contributed by atoms with Gasteiger partial charge in [-0.3, -0.25) is 15.1 Å². The monoisotopic (exact) mass is 523 g/mol. The molecule has 0 unspecified atom stereocenters. The molecule has 0 aliphatic carbocycles. The summed E-state index contributed by atoms with van der Waals surface area (Å²) in [5.41, 5.74) is 0.196. The molecule has 0 bridgehead atoms. The molecular weight excluding hydrogens is 503 g/mol. The standard InChI is InChI=1S/C22H21ClF3N7O3/c1-12(22(24,25)26)8-10-28-20(34)14-6-7-16(29-11-14)17-19(33(3)32-31-17)30-21(35)36-13(2)15-5-4-9-27-18(15)23/h4-7,9,11,13H,1,8,10H2,2-3H3,(H,28,34)(H,30,35)/t13-/m1/s1. The molecule has 14 heteroatoms. The van der Waals surface area contributed by atoms with Crippen LogP contribution >= 0.6 is 11.6 Å². The van der Waals surface area contributed by atoms with Crippen molar-refractivity contribution in [3.05, 3.63) is 65.1 Å². The van der Waals surface area contributed by atoms with E-state index in [4.69, 9.17) is 16.3 Å². The largest absolute Gasteiger partial charge is 0.441 e. The highest BCUT2D eigenvalue weighted by Gasteiger charge is 2.31. The number of anilines is 1. The molecule has 36 heavy (non-hydrogen) atoms. The lowest BCUT2D eigenvalue weighted by Gasteiger charge is -2.15. The molecule has 0 aromatic carbocycles. The van der Waals surface area contributed by atoms with E-state index in [1.54, 1.807) is 26.1 Å². The highest BCUT2D eigenvalue weighted by Crippen LogP contribution is 2.27. The Kier molecular flexibility index (Phi) is 8.25. The smallest absolute Gasteiger partial charge is 0.413 e. The number of hydrogen-bond donors (Lipinski definition) is 2. The van der Waals surface area contributed by atoms with Crippen molar-refractivity contribution in [3.8, 4) is 11.4 Å². The van der Waals surface area contributed by atoms with E-state index < -0.39 is 36.3 Å². The molecule has 0 aliphatic heterocycles. The number of hydrogen-bond acceptors (Lipinski definition) is 7. The Hall–Kier alpha value is -4.00. The van der Waals surface area contributed by atoms with Gasteiger partial charge in [-0.1, -0.05) is 29.5 Å². The van der Waals surface area contributed by atoms with Gasteiger partial charge in [0.2, 0.25) is 0 Å². The van der Waals surface area contributed by atoms with Crippen molar-refractivity contribution < 1.29 is 27.5 Å². The van der Waals surface area contributed by atoms with Crippen molar-refractivity contribution in [2.75, 3.05) is 11.9 Å². The van der Waals surface area contributed by atoms with Crippen molar-refractivity contribution in [1.82, 2.24) is 30.3 Å². The minimum Gasteiger partial charge on any atom is -0.441 e. The molecular formula is C22H21ClF3N7O3. The zero-order chi connectivity index (χ0) is 26.5. The lowest BCUT2D eigenvalue weighted by Crippen LogP contribution is -2.26. The van der Waals surface area contributed by atoms with Crippen LogP contribution in [-0.4, -0.2) is 49.7 Å². The number of amides is 2. The Balaban J connectivity index is 1.64. The first-order valence-corrected chi connectivity index (χ1v) is 10.8. The van der Waals surface area contributed by atoms with Crippen molar-refractivity contribution in [3.63, 3.8) is 0 Å². The summed E-state index contributed by atoms with van der Waals surface area (Å²) in [6, 6.07) is 6.22. The lowest BCUT2D eigenvalue weighted by atomic mass is 10.2. The van der Waals surface area contributed by atoms with E-state index in [9.17, 15) is 22.8 Å². The average molecular weight is 524 g/mol. The summed E-state index contributed by atoms with van der Waals surface area (Å²) >= 11 is 6.04. The van der Waals surface area contributed by atoms with Crippen LogP contribution in [0.3, 0.4) is 0 Å². The van der Waals surface area contributed by atoms with Gasteiger partial charge in [0.05, 0.1) is 11.3 Å². The van der Waals surface area contributed by atoms with Gasteiger partial charge in [-0.2, -0.15) is 13.2 Å². The minimum atomic E-state index is -4.51. The molecule has 3 heterocycles. The maximum atomic E-state index is 12.5. The van der Waals surface area contributed by atoms with Crippen molar-refractivity contribution in [2.45, 2.75) is 25.6 Å². The van der Waals surface area contributed by atoms with Crippen LogP contribution in [0, 0.1) is 0 Å². The van der Waals surface area contributed by atoms with Gasteiger partial charge >= 0.3 is 12.3 Å². The van der Waals surface area contributed by atoms with Crippen LogP contribution in [0.5, 0.6) is 0 Å². The van der Waals surface area contributed by atoms with Gasteiger partial charge in [0.1, 0.15) is 11.3 Å². The Morgan fingerprint density at radius 2 is 2.00 bits per heavy atom. The SMILES string of the molecule is C=C(CCNC(=O)c1ccc(-c2nnn(C)c2NC(=O)O[C@H](C)c2cccnc2Cl)nc1)C(F)(F)F. The van der Waals surface area contributed by atoms with Gasteiger partial charge in [-0.05, 0) is 31.5 Å².